The highest BCUT2D eigenvalue weighted by molar-refractivity contribution is 5.95. The Morgan fingerprint density at radius 3 is 2.90 bits per heavy atom. The number of H-pyrrole nitrogens is 1. The van der Waals surface area contributed by atoms with E-state index in [1.807, 2.05) is 6.07 Å². The Morgan fingerprint density at radius 1 is 1.30 bits per heavy atom. The summed E-state index contributed by atoms with van der Waals surface area (Å²) in [6, 6.07) is 6.51. The van der Waals surface area contributed by atoms with Gasteiger partial charge in [0.1, 0.15) is 17.8 Å². The Labute approximate surface area is 113 Å². The van der Waals surface area contributed by atoms with Gasteiger partial charge in [-0.1, -0.05) is 0 Å². The van der Waals surface area contributed by atoms with Gasteiger partial charge in [-0.2, -0.15) is 0 Å². The van der Waals surface area contributed by atoms with Crippen molar-refractivity contribution in [1.82, 2.24) is 15.0 Å². The number of rotatable bonds is 3. The fourth-order valence-corrected chi connectivity index (χ4v) is 1.94. The molecular formula is C13H11N5O2. The van der Waals surface area contributed by atoms with Crippen LogP contribution in [0.1, 0.15) is 10.4 Å². The first kappa shape index (κ1) is 12.0. The first-order chi connectivity index (χ1) is 9.65. The van der Waals surface area contributed by atoms with Crippen molar-refractivity contribution in [2.24, 2.45) is 0 Å². The number of carboxylic acid groups (broad SMARTS) is 1. The SMILES string of the molecule is Nc1cc(Nc2ncnc3[nH]ccc23)ccc1C(=O)O. The average Bonchev–Trinajstić information content (AvgIpc) is 2.87. The molecular weight excluding hydrogens is 258 g/mol. The van der Waals surface area contributed by atoms with E-state index in [-0.39, 0.29) is 11.3 Å². The van der Waals surface area contributed by atoms with Crippen LogP contribution in [0.2, 0.25) is 0 Å². The highest BCUT2D eigenvalue weighted by Crippen LogP contribution is 2.24. The molecule has 7 heteroatoms. The third-order valence-corrected chi connectivity index (χ3v) is 2.90. The van der Waals surface area contributed by atoms with E-state index in [0.717, 1.165) is 11.0 Å². The van der Waals surface area contributed by atoms with Crippen LogP contribution in [0.4, 0.5) is 17.2 Å². The Balaban J connectivity index is 1.97. The topological polar surface area (TPSA) is 117 Å². The number of fused-ring (bicyclic) bond motifs is 1. The molecule has 3 aromatic rings. The minimum absolute atomic E-state index is 0.0741. The lowest BCUT2D eigenvalue weighted by Gasteiger charge is -2.08. The molecule has 0 saturated carbocycles. The lowest BCUT2D eigenvalue weighted by molar-refractivity contribution is 0.0698. The number of nitrogen functional groups attached to an aromatic ring is 1. The summed E-state index contributed by atoms with van der Waals surface area (Å²) in [5.41, 5.74) is 7.36. The van der Waals surface area contributed by atoms with E-state index >= 15 is 0 Å². The highest BCUT2D eigenvalue weighted by Gasteiger charge is 2.09. The van der Waals surface area contributed by atoms with Crippen LogP contribution >= 0.6 is 0 Å². The monoisotopic (exact) mass is 269 g/mol. The molecule has 0 aliphatic heterocycles. The van der Waals surface area contributed by atoms with Gasteiger partial charge in [-0.3, -0.25) is 0 Å². The number of carbonyl (C=O) groups is 1. The van der Waals surface area contributed by atoms with Gasteiger partial charge in [-0.25, -0.2) is 14.8 Å². The number of nitrogens with zero attached hydrogens (tertiary/aromatic N) is 2. The summed E-state index contributed by atoms with van der Waals surface area (Å²) in [5.74, 6) is -0.428. The van der Waals surface area contributed by atoms with E-state index in [2.05, 4.69) is 20.3 Å². The second-order valence-corrected chi connectivity index (χ2v) is 4.19. The van der Waals surface area contributed by atoms with Gasteiger partial charge in [0.25, 0.3) is 0 Å². The average molecular weight is 269 g/mol. The van der Waals surface area contributed by atoms with Crippen molar-refractivity contribution in [3.8, 4) is 0 Å². The first-order valence-corrected chi connectivity index (χ1v) is 5.83. The second-order valence-electron chi connectivity index (χ2n) is 4.19. The van der Waals surface area contributed by atoms with Crippen molar-refractivity contribution in [2.45, 2.75) is 0 Å². The smallest absolute Gasteiger partial charge is 0.337 e. The number of carboxylic acids is 1. The number of aromatic amines is 1. The van der Waals surface area contributed by atoms with Crippen molar-refractivity contribution >= 4 is 34.2 Å². The molecule has 0 spiro atoms. The zero-order valence-electron chi connectivity index (χ0n) is 10.3. The number of nitrogens with one attached hydrogen (secondary N) is 2. The van der Waals surface area contributed by atoms with Crippen molar-refractivity contribution < 1.29 is 9.90 Å². The zero-order chi connectivity index (χ0) is 14.1. The minimum atomic E-state index is -1.05. The summed E-state index contributed by atoms with van der Waals surface area (Å²) >= 11 is 0. The summed E-state index contributed by atoms with van der Waals surface area (Å²) in [7, 11) is 0. The van der Waals surface area contributed by atoms with Gasteiger partial charge in [0.15, 0.2) is 0 Å². The molecule has 20 heavy (non-hydrogen) atoms. The number of nitrogens with two attached hydrogens (primary N) is 1. The molecule has 0 amide bonds. The van der Waals surface area contributed by atoms with Crippen molar-refractivity contribution in [2.75, 3.05) is 11.1 Å². The molecule has 0 saturated heterocycles. The van der Waals surface area contributed by atoms with Gasteiger partial charge in [-0.05, 0) is 24.3 Å². The van der Waals surface area contributed by atoms with Gasteiger partial charge in [0, 0.05) is 17.6 Å². The fourth-order valence-electron chi connectivity index (χ4n) is 1.94. The van der Waals surface area contributed by atoms with E-state index < -0.39 is 5.97 Å². The second kappa shape index (κ2) is 4.54. The Hall–Kier alpha value is -3.09. The fraction of sp³-hybridized carbons (Fsp3) is 0. The molecule has 0 radical (unpaired) electrons. The maximum atomic E-state index is 10.9. The van der Waals surface area contributed by atoms with Gasteiger partial charge >= 0.3 is 5.97 Å². The zero-order valence-corrected chi connectivity index (χ0v) is 10.3. The van der Waals surface area contributed by atoms with E-state index in [4.69, 9.17) is 10.8 Å². The van der Waals surface area contributed by atoms with Crippen LogP contribution in [-0.2, 0) is 0 Å². The molecule has 7 nitrogen and oxygen atoms in total. The number of hydrogen-bond acceptors (Lipinski definition) is 5. The molecule has 2 heterocycles. The molecule has 3 rings (SSSR count). The molecule has 1 aromatic carbocycles. The molecule has 2 aromatic heterocycles. The molecule has 0 aliphatic carbocycles. The molecule has 0 fully saturated rings. The van der Waals surface area contributed by atoms with E-state index in [1.165, 1.54) is 12.4 Å². The van der Waals surface area contributed by atoms with Crippen LogP contribution in [0.15, 0.2) is 36.8 Å². The van der Waals surface area contributed by atoms with Crippen LogP contribution in [0.3, 0.4) is 0 Å². The molecule has 0 aliphatic rings. The van der Waals surface area contributed by atoms with Gasteiger partial charge in [-0.15, -0.1) is 0 Å². The maximum Gasteiger partial charge on any atom is 0.337 e. The maximum absolute atomic E-state index is 10.9. The lowest BCUT2D eigenvalue weighted by Crippen LogP contribution is -2.03. The predicted octanol–water partition coefficient (Wildman–Crippen LogP) is 1.98. The molecule has 5 N–H and O–H groups in total. The lowest BCUT2D eigenvalue weighted by atomic mass is 10.1. The number of benzene rings is 1. The molecule has 100 valence electrons. The Kier molecular flexibility index (Phi) is 2.72. The number of anilines is 3. The van der Waals surface area contributed by atoms with Crippen LogP contribution in [-0.4, -0.2) is 26.0 Å². The van der Waals surface area contributed by atoms with E-state index in [0.29, 0.717) is 11.5 Å². The van der Waals surface area contributed by atoms with Crippen molar-refractivity contribution in [3.05, 3.63) is 42.4 Å². The van der Waals surface area contributed by atoms with Crippen molar-refractivity contribution in [1.29, 1.82) is 0 Å². The molecule has 0 atom stereocenters. The third-order valence-electron chi connectivity index (χ3n) is 2.90. The van der Waals surface area contributed by atoms with E-state index in [1.54, 1.807) is 18.3 Å². The minimum Gasteiger partial charge on any atom is -0.478 e. The first-order valence-electron chi connectivity index (χ1n) is 5.83. The van der Waals surface area contributed by atoms with Gasteiger partial charge < -0.3 is 21.1 Å². The van der Waals surface area contributed by atoms with Crippen molar-refractivity contribution in [3.63, 3.8) is 0 Å². The van der Waals surface area contributed by atoms with Crippen LogP contribution < -0.4 is 11.1 Å². The summed E-state index contributed by atoms with van der Waals surface area (Å²) in [4.78, 5) is 22.1. The number of aromatic carboxylic acids is 1. The predicted molar refractivity (Wildman–Crippen MR) is 75.0 cm³/mol. The Bertz CT molecular complexity index is 796. The van der Waals surface area contributed by atoms with Gasteiger partial charge in [0.05, 0.1) is 10.9 Å². The van der Waals surface area contributed by atoms with Crippen LogP contribution in [0.5, 0.6) is 0 Å². The summed E-state index contributed by atoms with van der Waals surface area (Å²) in [6.07, 6.45) is 3.21. The number of aromatic nitrogens is 3. The number of hydrogen-bond donors (Lipinski definition) is 4. The highest BCUT2D eigenvalue weighted by atomic mass is 16.4. The molecule has 0 unspecified atom stereocenters. The van der Waals surface area contributed by atoms with E-state index in [9.17, 15) is 4.79 Å². The van der Waals surface area contributed by atoms with Crippen LogP contribution in [0.25, 0.3) is 11.0 Å². The largest absolute Gasteiger partial charge is 0.478 e. The van der Waals surface area contributed by atoms with Gasteiger partial charge in [0.2, 0.25) is 0 Å². The normalized spacial score (nSPS) is 10.6. The Morgan fingerprint density at radius 2 is 2.15 bits per heavy atom. The summed E-state index contributed by atoms with van der Waals surface area (Å²) in [6.45, 7) is 0. The summed E-state index contributed by atoms with van der Waals surface area (Å²) in [5, 5.41) is 12.9. The summed E-state index contributed by atoms with van der Waals surface area (Å²) < 4.78 is 0. The third kappa shape index (κ3) is 2.01. The molecule has 0 bridgehead atoms. The van der Waals surface area contributed by atoms with Crippen LogP contribution in [0, 0.1) is 0 Å². The standard InChI is InChI=1S/C13H11N5O2/c14-10-5-7(1-2-8(10)13(19)20)18-12-9-3-4-15-11(9)16-6-17-12/h1-6H,14H2,(H,19,20)(H2,15,16,17,18). The quantitative estimate of drug-likeness (QED) is 0.540.